The van der Waals surface area contributed by atoms with E-state index in [9.17, 15) is 0 Å². The summed E-state index contributed by atoms with van der Waals surface area (Å²) < 4.78 is 12.9. The van der Waals surface area contributed by atoms with E-state index in [1.54, 1.807) is 23.0 Å². The van der Waals surface area contributed by atoms with Crippen molar-refractivity contribution in [2.45, 2.75) is 51.6 Å². The number of hydrogen-bond acceptors (Lipinski definition) is 9. The van der Waals surface area contributed by atoms with Crippen LogP contribution < -0.4 is 9.64 Å². The Labute approximate surface area is 220 Å². The molecule has 2 aliphatic rings. The van der Waals surface area contributed by atoms with Crippen molar-refractivity contribution in [1.29, 1.82) is 0 Å². The highest BCUT2D eigenvalue weighted by molar-refractivity contribution is 7.18. The van der Waals surface area contributed by atoms with Crippen molar-refractivity contribution in [3.8, 4) is 27.7 Å². The van der Waals surface area contributed by atoms with E-state index in [2.05, 4.69) is 45.8 Å². The van der Waals surface area contributed by atoms with Gasteiger partial charge < -0.3 is 14.4 Å². The Morgan fingerprint density at radius 3 is 2.78 bits per heavy atom. The van der Waals surface area contributed by atoms with Crippen molar-refractivity contribution in [2.24, 2.45) is 0 Å². The number of aromatic amines is 1. The molecule has 10 nitrogen and oxygen atoms in total. The van der Waals surface area contributed by atoms with Gasteiger partial charge in [0.15, 0.2) is 11.4 Å². The molecule has 11 heteroatoms. The summed E-state index contributed by atoms with van der Waals surface area (Å²) in [5.74, 6) is 0.918. The molecule has 1 unspecified atom stereocenters. The SMILES string of the molecule is COc1cc(-c2[nH]nc(-c3ncc(N4CCN(C5CCOCC5)CC4C)s3)c2C(C)C)cn2ncnc12. The van der Waals surface area contributed by atoms with Crippen molar-refractivity contribution in [2.75, 3.05) is 44.9 Å². The van der Waals surface area contributed by atoms with E-state index >= 15 is 0 Å². The molecule has 2 saturated heterocycles. The van der Waals surface area contributed by atoms with Crippen LogP contribution in [0.15, 0.2) is 24.8 Å². The van der Waals surface area contributed by atoms with E-state index in [0.29, 0.717) is 23.5 Å². The van der Waals surface area contributed by atoms with Gasteiger partial charge in [0, 0.05) is 62.3 Å². The normalized spacial score (nSPS) is 19.8. The first-order chi connectivity index (χ1) is 18.0. The average Bonchev–Trinajstić information content (AvgIpc) is 3.67. The van der Waals surface area contributed by atoms with E-state index in [-0.39, 0.29) is 5.92 Å². The summed E-state index contributed by atoms with van der Waals surface area (Å²) in [5.41, 5.74) is 4.64. The minimum absolute atomic E-state index is 0.246. The van der Waals surface area contributed by atoms with Crippen molar-refractivity contribution < 1.29 is 9.47 Å². The third-order valence-corrected chi connectivity index (χ3v) is 8.62. The maximum atomic E-state index is 5.58. The highest BCUT2D eigenvalue weighted by Crippen LogP contribution is 2.40. The maximum absolute atomic E-state index is 5.58. The molecule has 0 radical (unpaired) electrons. The number of thiazole rings is 1. The number of hydrogen-bond donors (Lipinski definition) is 1. The second kappa shape index (κ2) is 10.0. The zero-order valence-electron chi connectivity index (χ0n) is 21.8. The molecule has 1 N–H and O–H groups in total. The molecule has 1 atom stereocenters. The van der Waals surface area contributed by atoms with Crippen LogP contribution in [0.4, 0.5) is 5.00 Å². The zero-order valence-corrected chi connectivity index (χ0v) is 22.7. The monoisotopic (exact) mass is 522 g/mol. The topological polar surface area (TPSA) is 96.7 Å². The van der Waals surface area contributed by atoms with Crippen molar-refractivity contribution >= 4 is 22.0 Å². The standard InChI is InChI=1S/C26H34N8O2S/c1-16(2)22-23(18-11-20(35-4)25-28-15-29-34(25)14-18)30-31-24(22)26-27-12-21(37-26)33-8-7-32(13-17(33)3)19-5-9-36-10-6-19/h11-12,14-17,19H,5-10,13H2,1-4H3,(H,30,31). The summed E-state index contributed by atoms with van der Waals surface area (Å²) in [6, 6.07) is 3.08. The van der Waals surface area contributed by atoms with Gasteiger partial charge in [0.1, 0.15) is 22.0 Å². The number of nitrogens with one attached hydrogen (secondary N) is 1. The van der Waals surface area contributed by atoms with E-state index in [4.69, 9.17) is 19.6 Å². The van der Waals surface area contributed by atoms with Crippen LogP contribution in [0, 0.1) is 0 Å². The Balaban J connectivity index is 1.27. The minimum atomic E-state index is 0.246. The molecule has 0 bridgehead atoms. The number of pyridine rings is 1. The fourth-order valence-corrected chi connectivity index (χ4v) is 6.73. The molecule has 4 aromatic heterocycles. The number of piperazine rings is 1. The molecular formula is C26H34N8O2S. The van der Waals surface area contributed by atoms with Gasteiger partial charge >= 0.3 is 0 Å². The molecule has 0 amide bonds. The predicted molar refractivity (Wildman–Crippen MR) is 145 cm³/mol. The number of rotatable bonds is 6. The third-order valence-electron chi connectivity index (χ3n) is 7.58. The van der Waals surface area contributed by atoms with Crippen LogP contribution in [-0.4, -0.2) is 86.7 Å². The molecular weight excluding hydrogens is 488 g/mol. The summed E-state index contributed by atoms with van der Waals surface area (Å²) in [5, 5.41) is 14.5. The number of nitrogens with zero attached hydrogens (tertiary/aromatic N) is 7. The smallest absolute Gasteiger partial charge is 0.197 e. The van der Waals surface area contributed by atoms with Gasteiger partial charge in [-0.15, -0.1) is 0 Å². The molecule has 6 rings (SSSR count). The quantitative estimate of drug-likeness (QED) is 0.405. The fraction of sp³-hybridized carbons (Fsp3) is 0.538. The molecule has 0 aromatic carbocycles. The number of methoxy groups -OCH3 is 1. The molecule has 6 heterocycles. The van der Waals surface area contributed by atoms with Crippen LogP contribution in [0.1, 0.15) is 45.1 Å². The van der Waals surface area contributed by atoms with E-state index < -0.39 is 0 Å². The Kier molecular flexibility index (Phi) is 6.60. The molecule has 4 aromatic rings. The van der Waals surface area contributed by atoms with Gasteiger partial charge in [0.25, 0.3) is 0 Å². The highest BCUT2D eigenvalue weighted by Gasteiger charge is 2.31. The van der Waals surface area contributed by atoms with Crippen molar-refractivity contribution in [1.82, 2.24) is 34.7 Å². The van der Waals surface area contributed by atoms with Crippen LogP contribution >= 0.6 is 11.3 Å². The van der Waals surface area contributed by atoms with Crippen molar-refractivity contribution in [3.05, 3.63) is 30.4 Å². The Morgan fingerprint density at radius 1 is 1.19 bits per heavy atom. The third kappa shape index (κ3) is 4.49. The Hall–Kier alpha value is -3.02. The Morgan fingerprint density at radius 2 is 2.03 bits per heavy atom. The lowest BCUT2D eigenvalue weighted by Crippen LogP contribution is -2.55. The number of aromatic nitrogens is 6. The van der Waals surface area contributed by atoms with Gasteiger partial charge in [0.05, 0.1) is 19.0 Å². The van der Waals surface area contributed by atoms with Crippen LogP contribution in [-0.2, 0) is 4.74 Å². The lowest BCUT2D eigenvalue weighted by molar-refractivity contribution is 0.0280. The van der Waals surface area contributed by atoms with Crippen LogP contribution in [0.2, 0.25) is 0 Å². The van der Waals surface area contributed by atoms with E-state index in [1.165, 1.54) is 11.3 Å². The van der Waals surface area contributed by atoms with Crippen LogP contribution in [0.3, 0.4) is 0 Å². The zero-order chi connectivity index (χ0) is 25.5. The average molecular weight is 523 g/mol. The van der Waals surface area contributed by atoms with E-state index in [0.717, 1.165) is 73.2 Å². The molecule has 196 valence electrons. The first-order valence-corrected chi connectivity index (χ1v) is 13.9. The summed E-state index contributed by atoms with van der Waals surface area (Å²) in [6.45, 7) is 11.7. The lowest BCUT2D eigenvalue weighted by Gasteiger charge is -2.44. The lowest BCUT2D eigenvalue weighted by atomic mass is 9.97. The summed E-state index contributed by atoms with van der Waals surface area (Å²) in [6.07, 6.45) is 7.80. The molecule has 0 spiro atoms. The van der Waals surface area contributed by atoms with Gasteiger partial charge in [-0.3, -0.25) is 10.00 Å². The first-order valence-electron chi connectivity index (χ1n) is 13.0. The van der Waals surface area contributed by atoms with Gasteiger partial charge in [0.2, 0.25) is 0 Å². The number of anilines is 1. The second-order valence-electron chi connectivity index (χ2n) is 10.2. The Bertz CT molecular complexity index is 1370. The number of fused-ring (bicyclic) bond motifs is 1. The van der Waals surface area contributed by atoms with Gasteiger partial charge in [-0.05, 0) is 31.7 Å². The van der Waals surface area contributed by atoms with Crippen LogP contribution in [0.25, 0.3) is 27.6 Å². The molecule has 2 fully saturated rings. The van der Waals surface area contributed by atoms with Gasteiger partial charge in [-0.1, -0.05) is 25.2 Å². The summed E-state index contributed by atoms with van der Waals surface area (Å²) in [4.78, 5) is 14.3. The predicted octanol–water partition coefficient (Wildman–Crippen LogP) is 4.06. The number of H-pyrrole nitrogens is 1. The van der Waals surface area contributed by atoms with Gasteiger partial charge in [-0.25, -0.2) is 14.5 Å². The highest BCUT2D eigenvalue weighted by atomic mass is 32.1. The van der Waals surface area contributed by atoms with Gasteiger partial charge in [-0.2, -0.15) is 10.2 Å². The van der Waals surface area contributed by atoms with E-state index in [1.807, 2.05) is 18.5 Å². The molecule has 2 aliphatic heterocycles. The summed E-state index contributed by atoms with van der Waals surface area (Å²) >= 11 is 1.73. The maximum Gasteiger partial charge on any atom is 0.197 e. The van der Waals surface area contributed by atoms with Crippen LogP contribution in [0.5, 0.6) is 5.75 Å². The fourth-order valence-electron chi connectivity index (χ4n) is 5.68. The number of ether oxygens (including phenoxy) is 2. The molecule has 0 aliphatic carbocycles. The minimum Gasteiger partial charge on any atom is -0.493 e. The molecule has 37 heavy (non-hydrogen) atoms. The second-order valence-corrected chi connectivity index (χ2v) is 11.2. The van der Waals surface area contributed by atoms with Crippen molar-refractivity contribution in [3.63, 3.8) is 0 Å². The summed E-state index contributed by atoms with van der Waals surface area (Å²) in [7, 11) is 1.65. The first kappa shape index (κ1) is 24.3. The largest absolute Gasteiger partial charge is 0.493 e. The molecule has 0 saturated carbocycles.